The van der Waals surface area contributed by atoms with Crippen LogP contribution in [0.5, 0.6) is 0 Å². The van der Waals surface area contributed by atoms with E-state index in [1.54, 1.807) is 4.68 Å². The molecule has 0 spiro atoms. The molecule has 1 heterocycles. The second-order valence-electron chi connectivity index (χ2n) is 4.76. The summed E-state index contributed by atoms with van der Waals surface area (Å²) in [5.41, 5.74) is 1.83. The molecule has 0 aliphatic heterocycles. The van der Waals surface area contributed by atoms with Crippen LogP contribution in [-0.4, -0.2) is 20.9 Å². The Morgan fingerprint density at radius 3 is 2.74 bits per heavy atom. The number of hydrogen-bond donors (Lipinski definition) is 2. The first kappa shape index (κ1) is 11.8. The summed E-state index contributed by atoms with van der Waals surface area (Å²) in [5, 5.41) is 12.1. The predicted octanol–water partition coefficient (Wildman–Crippen LogP) is 1.67. The monoisotopic (exact) mass is 258 g/mol. The van der Waals surface area contributed by atoms with Gasteiger partial charge in [-0.3, -0.25) is 19.4 Å². The predicted molar refractivity (Wildman–Crippen MR) is 69.7 cm³/mol. The van der Waals surface area contributed by atoms with E-state index in [0.29, 0.717) is 24.1 Å². The third-order valence-electron chi connectivity index (χ3n) is 3.60. The maximum Gasteiger partial charge on any atom is 0.312 e. The van der Waals surface area contributed by atoms with Gasteiger partial charge in [0.2, 0.25) is 0 Å². The Bertz CT molecular complexity index is 670. The van der Waals surface area contributed by atoms with Crippen LogP contribution < -0.4 is 5.56 Å². The molecule has 1 atom stereocenters. The van der Waals surface area contributed by atoms with E-state index < -0.39 is 11.9 Å². The summed E-state index contributed by atoms with van der Waals surface area (Å²) in [5.74, 6) is -1.48. The Kier molecular flexibility index (Phi) is 2.74. The van der Waals surface area contributed by atoms with Crippen LogP contribution in [0.15, 0.2) is 35.1 Å². The fourth-order valence-corrected chi connectivity index (χ4v) is 2.73. The summed E-state index contributed by atoms with van der Waals surface area (Å²) < 4.78 is 1.62. The van der Waals surface area contributed by atoms with Crippen LogP contribution in [0.1, 0.15) is 30.0 Å². The molecule has 0 saturated carbocycles. The first-order valence-electron chi connectivity index (χ1n) is 6.30. The average molecular weight is 258 g/mol. The molecule has 98 valence electrons. The van der Waals surface area contributed by atoms with Crippen LogP contribution >= 0.6 is 0 Å². The van der Waals surface area contributed by atoms with Gasteiger partial charge in [-0.15, -0.1) is 0 Å². The van der Waals surface area contributed by atoms with Crippen LogP contribution in [0.25, 0.3) is 5.69 Å². The summed E-state index contributed by atoms with van der Waals surface area (Å²) in [6, 6.07) is 9.30. The van der Waals surface area contributed by atoms with Crippen molar-refractivity contribution in [1.29, 1.82) is 0 Å². The first-order chi connectivity index (χ1) is 9.18. The SMILES string of the molecule is O=C(O)C1CCCc2c1n(-c1ccccc1)[nH]c2=O. The Balaban J connectivity index is 2.23. The van der Waals surface area contributed by atoms with Gasteiger partial charge in [-0.1, -0.05) is 18.2 Å². The normalized spacial score (nSPS) is 18.0. The number of hydrogen-bond acceptors (Lipinski definition) is 2. The molecular formula is C14H14N2O3. The van der Waals surface area contributed by atoms with Crippen molar-refractivity contribution >= 4 is 5.97 Å². The smallest absolute Gasteiger partial charge is 0.312 e. The second kappa shape index (κ2) is 4.42. The molecule has 0 saturated heterocycles. The zero-order valence-electron chi connectivity index (χ0n) is 10.3. The van der Waals surface area contributed by atoms with Crippen molar-refractivity contribution in [2.45, 2.75) is 25.2 Å². The fraction of sp³-hybridized carbons (Fsp3) is 0.286. The number of aliphatic carboxylic acids is 1. The van der Waals surface area contributed by atoms with Crippen LogP contribution in [0, 0.1) is 0 Å². The summed E-state index contributed by atoms with van der Waals surface area (Å²) >= 11 is 0. The highest BCUT2D eigenvalue weighted by Gasteiger charge is 2.32. The lowest BCUT2D eigenvalue weighted by atomic mass is 9.87. The van der Waals surface area contributed by atoms with E-state index in [1.165, 1.54) is 0 Å². The number of carboxylic acid groups (broad SMARTS) is 1. The Morgan fingerprint density at radius 2 is 2.05 bits per heavy atom. The van der Waals surface area contributed by atoms with Gasteiger partial charge in [-0.2, -0.15) is 0 Å². The quantitative estimate of drug-likeness (QED) is 0.860. The lowest BCUT2D eigenvalue weighted by molar-refractivity contribution is -0.139. The van der Waals surface area contributed by atoms with E-state index in [-0.39, 0.29) is 5.56 Å². The van der Waals surface area contributed by atoms with E-state index in [9.17, 15) is 14.7 Å². The maximum atomic E-state index is 12.0. The van der Waals surface area contributed by atoms with E-state index >= 15 is 0 Å². The average Bonchev–Trinajstić information content (AvgIpc) is 2.77. The number of nitrogens with one attached hydrogen (secondary N) is 1. The molecule has 0 amide bonds. The molecule has 1 unspecified atom stereocenters. The van der Waals surface area contributed by atoms with Crippen molar-refractivity contribution < 1.29 is 9.90 Å². The topological polar surface area (TPSA) is 75.1 Å². The molecule has 1 aromatic heterocycles. The Morgan fingerprint density at radius 1 is 1.32 bits per heavy atom. The third kappa shape index (κ3) is 1.87. The van der Waals surface area contributed by atoms with Gasteiger partial charge < -0.3 is 5.11 Å². The molecule has 0 radical (unpaired) electrons. The molecule has 5 heteroatoms. The highest BCUT2D eigenvalue weighted by Crippen LogP contribution is 2.31. The molecule has 0 bridgehead atoms. The Labute approximate surface area is 109 Å². The molecule has 1 aromatic carbocycles. The number of carbonyl (C=O) groups is 1. The molecule has 1 aliphatic rings. The Hall–Kier alpha value is -2.30. The highest BCUT2D eigenvalue weighted by atomic mass is 16.4. The van der Waals surface area contributed by atoms with Gasteiger partial charge in [0.25, 0.3) is 5.56 Å². The lowest BCUT2D eigenvalue weighted by Gasteiger charge is -2.20. The number of rotatable bonds is 2. The zero-order valence-corrected chi connectivity index (χ0v) is 10.3. The lowest BCUT2D eigenvalue weighted by Crippen LogP contribution is -2.21. The van der Waals surface area contributed by atoms with Crippen molar-refractivity contribution in [2.75, 3.05) is 0 Å². The molecule has 1 aliphatic carbocycles. The summed E-state index contributed by atoms with van der Waals surface area (Å²) in [6.45, 7) is 0. The molecule has 0 fully saturated rings. The van der Waals surface area contributed by atoms with Crippen molar-refractivity contribution in [1.82, 2.24) is 9.78 Å². The number of carboxylic acids is 1. The summed E-state index contributed by atoms with van der Waals surface area (Å²) in [6.07, 6.45) is 1.96. The van der Waals surface area contributed by atoms with Gasteiger partial charge in [-0.25, -0.2) is 0 Å². The molecular weight excluding hydrogens is 244 g/mol. The van der Waals surface area contributed by atoms with Gasteiger partial charge in [0.1, 0.15) is 0 Å². The van der Waals surface area contributed by atoms with Crippen LogP contribution in [-0.2, 0) is 11.2 Å². The van der Waals surface area contributed by atoms with E-state index in [1.807, 2.05) is 30.3 Å². The molecule has 19 heavy (non-hydrogen) atoms. The first-order valence-corrected chi connectivity index (χ1v) is 6.30. The minimum Gasteiger partial charge on any atom is -0.481 e. The van der Waals surface area contributed by atoms with Crippen molar-refractivity contribution in [3.8, 4) is 5.69 Å². The van der Waals surface area contributed by atoms with E-state index in [4.69, 9.17) is 0 Å². The van der Waals surface area contributed by atoms with Crippen LogP contribution in [0.2, 0.25) is 0 Å². The number of aromatic nitrogens is 2. The third-order valence-corrected chi connectivity index (χ3v) is 3.60. The minimum absolute atomic E-state index is 0.176. The van der Waals surface area contributed by atoms with Gasteiger partial charge in [-0.05, 0) is 31.4 Å². The number of aromatic amines is 1. The number of H-pyrrole nitrogens is 1. The van der Waals surface area contributed by atoms with Crippen molar-refractivity contribution in [3.63, 3.8) is 0 Å². The number of para-hydroxylation sites is 1. The summed E-state index contributed by atoms with van der Waals surface area (Å²) in [4.78, 5) is 23.3. The molecule has 2 N–H and O–H groups in total. The fourth-order valence-electron chi connectivity index (χ4n) is 2.73. The molecule has 5 nitrogen and oxygen atoms in total. The largest absolute Gasteiger partial charge is 0.481 e. The standard InChI is InChI=1S/C14H14N2O3/c17-13-10-7-4-8-11(14(18)19)12(10)16(15-13)9-5-2-1-3-6-9/h1-3,5-6,11H,4,7-8H2,(H,15,17)(H,18,19). The number of nitrogens with zero attached hydrogens (tertiary/aromatic N) is 1. The van der Waals surface area contributed by atoms with Gasteiger partial charge >= 0.3 is 5.97 Å². The molecule has 3 rings (SSSR count). The van der Waals surface area contributed by atoms with Crippen molar-refractivity contribution in [3.05, 3.63) is 51.9 Å². The zero-order chi connectivity index (χ0) is 13.4. The highest BCUT2D eigenvalue weighted by molar-refractivity contribution is 5.76. The van der Waals surface area contributed by atoms with Crippen molar-refractivity contribution in [2.24, 2.45) is 0 Å². The maximum absolute atomic E-state index is 12.0. The van der Waals surface area contributed by atoms with Crippen LogP contribution in [0.3, 0.4) is 0 Å². The van der Waals surface area contributed by atoms with E-state index in [0.717, 1.165) is 12.1 Å². The van der Waals surface area contributed by atoms with Crippen LogP contribution in [0.4, 0.5) is 0 Å². The second-order valence-corrected chi connectivity index (χ2v) is 4.76. The number of fused-ring (bicyclic) bond motifs is 1. The van der Waals surface area contributed by atoms with Gasteiger partial charge in [0, 0.05) is 5.56 Å². The van der Waals surface area contributed by atoms with Gasteiger partial charge in [0.15, 0.2) is 0 Å². The van der Waals surface area contributed by atoms with Gasteiger partial charge in [0.05, 0.1) is 17.3 Å². The van der Waals surface area contributed by atoms with E-state index in [2.05, 4.69) is 5.10 Å². The molecule has 2 aromatic rings. The summed E-state index contributed by atoms with van der Waals surface area (Å²) in [7, 11) is 0. The number of benzene rings is 1. The minimum atomic E-state index is -0.871.